The summed E-state index contributed by atoms with van der Waals surface area (Å²) >= 11 is 0. The third-order valence-electron chi connectivity index (χ3n) is 5.91. The van der Waals surface area contributed by atoms with Gasteiger partial charge in [0.05, 0.1) is 18.0 Å². The van der Waals surface area contributed by atoms with Crippen LogP contribution in [0.15, 0.2) is 42.5 Å². The predicted molar refractivity (Wildman–Crippen MR) is 122 cm³/mol. The van der Waals surface area contributed by atoms with Crippen molar-refractivity contribution in [1.29, 1.82) is 0 Å². The number of nitrogens with zero attached hydrogens (tertiary/aromatic N) is 1. The molecule has 0 radical (unpaired) electrons. The van der Waals surface area contributed by atoms with E-state index >= 15 is 0 Å². The van der Waals surface area contributed by atoms with Crippen LogP contribution in [0.2, 0.25) is 0 Å². The number of hydrogen-bond acceptors (Lipinski definition) is 3. The molecular formula is C24H31FN2O3S. The van der Waals surface area contributed by atoms with Crippen molar-refractivity contribution in [2.75, 3.05) is 10.6 Å². The van der Waals surface area contributed by atoms with Crippen molar-refractivity contribution in [2.45, 2.75) is 64.5 Å². The number of amides is 1. The first kappa shape index (κ1) is 23.3. The normalized spacial score (nSPS) is 15.6. The largest absolute Gasteiger partial charge is 0.347 e. The number of aryl methyl sites for hydroxylation is 2. The van der Waals surface area contributed by atoms with Crippen LogP contribution >= 0.6 is 0 Å². The number of carbonyl (C=O) groups excluding carboxylic acids is 1. The van der Waals surface area contributed by atoms with Gasteiger partial charge in [0.15, 0.2) is 0 Å². The monoisotopic (exact) mass is 446 g/mol. The van der Waals surface area contributed by atoms with Gasteiger partial charge < -0.3 is 5.32 Å². The van der Waals surface area contributed by atoms with E-state index in [1.165, 1.54) is 48.2 Å². The topological polar surface area (TPSA) is 66.5 Å². The maximum Gasteiger partial charge on any atom is 0.244 e. The maximum absolute atomic E-state index is 13.4. The van der Waals surface area contributed by atoms with Crippen molar-refractivity contribution in [1.82, 2.24) is 5.32 Å². The zero-order chi connectivity index (χ0) is 22.6. The number of halogens is 1. The van der Waals surface area contributed by atoms with Crippen LogP contribution < -0.4 is 9.62 Å². The number of carbonyl (C=O) groups is 1. The first-order chi connectivity index (χ1) is 14.7. The summed E-state index contributed by atoms with van der Waals surface area (Å²) < 4.78 is 39.6. The minimum absolute atomic E-state index is 0.205. The highest BCUT2D eigenvalue weighted by Crippen LogP contribution is 2.27. The lowest BCUT2D eigenvalue weighted by molar-refractivity contribution is -0.123. The summed E-state index contributed by atoms with van der Waals surface area (Å²) in [5, 5.41) is 3.06. The molecule has 3 rings (SSSR count). The molecular weight excluding hydrogens is 415 g/mol. The second kappa shape index (κ2) is 9.81. The Balaban J connectivity index is 1.86. The fourth-order valence-corrected chi connectivity index (χ4v) is 5.52. The molecule has 0 unspecified atom stereocenters. The first-order valence-corrected chi connectivity index (χ1v) is 12.8. The molecule has 7 heteroatoms. The van der Waals surface area contributed by atoms with Gasteiger partial charge in [-0.15, -0.1) is 0 Å². The van der Waals surface area contributed by atoms with Crippen LogP contribution in [0.5, 0.6) is 0 Å². The fourth-order valence-electron chi connectivity index (χ4n) is 4.31. The van der Waals surface area contributed by atoms with E-state index < -0.39 is 21.9 Å². The van der Waals surface area contributed by atoms with Crippen LogP contribution in [-0.4, -0.2) is 26.6 Å². The van der Waals surface area contributed by atoms with E-state index in [1.807, 2.05) is 6.92 Å². The van der Waals surface area contributed by atoms with Gasteiger partial charge in [-0.3, -0.25) is 9.10 Å². The molecule has 1 N–H and O–H groups in total. The molecule has 168 valence electrons. The van der Waals surface area contributed by atoms with Crippen molar-refractivity contribution in [3.05, 3.63) is 65.0 Å². The summed E-state index contributed by atoms with van der Waals surface area (Å²) in [5.74, 6) is -0.824. The number of sulfonamides is 1. The van der Waals surface area contributed by atoms with Crippen LogP contribution in [0.1, 0.15) is 62.3 Å². The molecule has 0 heterocycles. The zero-order valence-corrected chi connectivity index (χ0v) is 19.2. The fraction of sp³-hybridized carbons (Fsp3) is 0.458. The summed E-state index contributed by atoms with van der Waals surface area (Å²) in [6, 6.07) is 10.4. The lowest BCUT2D eigenvalue weighted by Gasteiger charge is -2.31. The average Bonchev–Trinajstić information content (AvgIpc) is 2.75. The SMILES string of the molecule is CC[C@H](NC(=O)[C@@H](CC)N(c1ccc(F)cc1)S(C)(=O)=O)c1ccc2c(c1)CCCC2. The van der Waals surface area contributed by atoms with Gasteiger partial charge in [0.25, 0.3) is 0 Å². The minimum Gasteiger partial charge on any atom is -0.347 e. The highest BCUT2D eigenvalue weighted by Gasteiger charge is 2.32. The van der Waals surface area contributed by atoms with Crippen LogP contribution in [0, 0.1) is 5.82 Å². The zero-order valence-electron chi connectivity index (χ0n) is 18.4. The molecule has 2 aromatic rings. The van der Waals surface area contributed by atoms with Gasteiger partial charge in [-0.25, -0.2) is 12.8 Å². The van der Waals surface area contributed by atoms with Gasteiger partial charge in [-0.05, 0) is 79.5 Å². The van der Waals surface area contributed by atoms with Crippen molar-refractivity contribution >= 4 is 21.6 Å². The van der Waals surface area contributed by atoms with Gasteiger partial charge in [0.1, 0.15) is 11.9 Å². The summed E-state index contributed by atoms with van der Waals surface area (Å²) in [6.07, 6.45) is 6.58. The van der Waals surface area contributed by atoms with Gasteiger partial charge in [-0.2, -0.15) is 0 Å². The summed E-state index contributed by atoms with van der Waals surface area (Å²) in [6.45, 7) is 3.77. The molecule has 0 spiro atoms. The highest BCUT2D eigenvalue weighted by molar-refractivity contribution is 7.92. The van der Waals surface area contributed by atoms with Crippen molar-refractivity contribution in [3.8, 4) is 0 Å². The molecule has 0 saturated carbocycles. The Kier molecular flexibility index (Phi) is 7.36. The van der Waals surface area contributed by atoms with E-state index in [0.29, 0.717) is 6.42 Å². The molecule has 5 nitrogen and oxygen atoms in total. The van der Waals surface area contributed by atoms with Gasteiger partial charge in [0, 0.05) is 0 Å². The van der Waals surface area contributed by atoms with Crippen LogP contribution in [0.3, 0.4) is 0 Å². The number of fused-ring (bicyclic) bond motifs is 1. The van der Waals surface area contributed by atoms with Crippen molar-refractivity contribution in [3.63, 3.8) is 0 Å². The Hall–Kier alpha value is -2.41. The Morgan fingerprint density at radius 1 is 1.03 bits per heavy atom. The van der Waals surface area contributed by atoms with Gasteiger partial charge >= 0.3 is 0 Å². The third kappa shape index (κ3) is 5.45. The van der Waals surface area contributed by atoms with Gasteiger partial charge in [-0.1, -0.05) is 32.0 Å². The van der Waals surface area contributed by atoms with E-state index in [9.17, 15) is 17.6 Å². The lowest BCUT2D eigenvalue weighted by atomic mass is 9.88. The van der Waals surface area contributed by atoms with Crippen LogP contribution in [0.4, 0.5) is 10.1 Å². The molecule has 0 bridgehead atoms. The molecule has 0 fully saturated rings. The van der Waals surface area contributed by atoms with Gasteiger partial charge in [0.2, 0.25) is 15.9 Å². The molecule has 1 amide bonds. The third-order valence-corrected chi connectivity index (χ3v) is 7.09. The number of hydrogen-bond donors (Lipinski definition) is 1. The predicted octanol–water partition coefficient (Wildman–Crippen LogP) is 4.52. The number of benzene rings is 2. The number of rotatable bonds is 8. The van der Waals surface area contributed by atoms with E-state index in [0.717, 1.165) is 29.0 Å². The van der Waals surface area contributed by atoms with Crippen LogP contribution in [-0.2, 0) is 27.7 Å². The molecule has 0 aliphatic heterocycles. The second-order valence-electron chi connectivity index (χ2n) is 8.16. The molecule has 1 aliphatic carbocycles. The second-order valence-corrected chi connectivity index (χ2v) is 10.0. The number of nitrogens with one attached hydrogen (secondary N) is 1. The van der Waals surface area contributed by atoms with E-state index in [-0.39, 0.29) is 24.1 Å². The first-order valence-electron chi connectivity index (χ1n) is 10.9. The van der Waals surface area contributed by atoms with E-state index in [2.05, 4.69) is 23.5 Å². The smallest absolute Gasteiger partial charge is 0.244 e. The van der Waals surface area contributed by atoms with E-state index in [4.69, 9.17) is 0 Å². The summed E-state index contributed by atoms with van der Waals surface area (Å²) in [4.78, 5) is 13.2. The number of anilines is 1. The van der Waals surface area contributed by atoms with Crippen LogP contribution in [0.25, 0.3) is 0 Å². The van der Waals surface area contributed by atoms with Crippen molar-refractivity contribution < 1.29 is 17.6 Å². The maximum atomic E-state index is 13.4. The minimum atomic E-state index is -3.76. The summed E-state index contributed by atoms with van der Waals surface area (Å²) in [5.41, 5.74) is 4.03. The quantitative estimate of drug-likeness (QED) is 0.649. The lowest BCUT2D eigenvalue weighted by Crippen LogP contribution is -2.50. The molecule has 0 aromatic heterocycles. The molecule has 2 atom stereocenters. The molecule has 0 saturated heterocycles. The Labute approximate surface area is 184 Å². The summed E-state index contributed by atoms with van der Waals surface area (Å²) in [7, 11) is -3.76. The average molecular weight is 447 g/mol. The standard InChI is InChI=1S/C24H31FN2O3S/c1-4-22(19-11-10-17-8-6-7-9-18(17)16-19)26-24(28)23(5-2)27(31(3,29)30)21-14-12-20(25)13-15-21/h10-16,22-23H,4-9H2,1-3H3,(H,26,28)/t22-,23+/m0/s1. The Bertz CT molecular complexity index is 1020. The van der Waals surface area contributed by atoms with Crippen molar-refractivity contribution in [2.24, 2.45) is 0 Å². The molecule has 1 aliphatic rings. The Morgan fingerprint density at radius 3 is 2.26 bits per heavy atom. The molecule has 2 aromatic carbocycles. The highest BCUT2D eigenvalue weighted by atomic mass is 32.2. The molecule has 31 heavy (non-hydrogen) atoms. The van der Waals surface area contributed by atoms with E-state index in [1.54, 1.807) is 6.92 Å². The Morgan fingerprint density at radius 2 is 1.68 bits per heavy atom.